The van der Waals surface area contributed by atoms with Gasteiger partial charge in [-0.05, 0) is 25.1 Å². The zero-order valence-electron chi connectivity index (χ0n) is 11.4. The van der Waals surface area contributed by atoms with Gasteiger partial charge in [0.1, 0.15) is 5.82 Å². The molecular weight excluding hydrogens is 308 g/mol. The van der Waals surface area contributed by atoms with Crippen molar-refractivity contribution in [3.05, 3.63) is 29.6 Å². The van der Waals surface area contributed by atoms with Gasteiger partial charge < -0.3 is 10.1 Å². The molecular formula is C13H12F4N2O3. The molecule has 1 aliphatic rings. The molecule has 1 N–H and O–H groups in total. The number of anilines is 1. The van der Waals surface area contributed by atoms with Crippen LogP contribution in [-0.2, 0) is 4.74 Å². The molecule has 1 aromatic carbocycles. The number of hydrogen-bond donors (Lipinski definition) is 1. The van der Waals surface area contributed by atoms with Crippen LogP contribution in [0.3, 0.4) is 0 Å². The first-order chi connectivity index (χ1) is 10.2. The second-order valence-electron chi connectivity index (χ2n) is 4.64. The molecule has 0 spiro atoms. The maximum Gasteiger partial charge on any atom is 0.425 e. The van der Waals surface area contributed by atoms with E-state index in [0.29, 0.717) is 20.0 Å². The Kier molecular flexibility index (Phi) is 4.25. The lowest BCUT2D eigenvalue weighted by molar-refractivity contribution is -0.198. The molecule has 2 rings (SSSR count). The third kappa shape index (κ3) is 3.29. The predicted molar refractivity (Wildman–Crippen MR) is 68.1 cm³/mol. The molecule has 0 unspecified atom stereocenters. The Morgan fingerprint density at radius 3 is 2.64 bits per heavy atom. The molecule has 1 aliphatic heterocycles. The van der Waals surface area contributed by atoms with Crippen molar-refractivity contribution in [2.24, 2.45) is 0 Å². The number of rotatable bonds is 3. The monoisotopic (exact) mass is 320 g/mol. The van der Waals surface area contributed by atoms with E-state index in [1.807, 2.05) is 0 Å². The summed E-state index contributed by atoms with van der Waals surface area (Å²) in [7, 11) is 0. The normalized spacial score (nSPS) is 16.4. The average Bonchev–Trinajstić information content (AvgIpc) is 2.84. The first-order valence-electron chi connectivity index (χ1n) is 6.33. The second kappa shape index (κ2) is 5.82. The van der Waals surface area contributed by atoms with Crippen molar-refractivity contribution >= 4 is 17.7 Å². The van der Waals surface area contributed by atoms with Crippen molar-refractivity contribution < 1.29 is 31.9 Å². The molecule has 0 aliphatic carbocycles. The van der Waals surface area contributed by atoms with E-state index in [2.05, 4.69) is 10.1 Å². The van der Waals surface area contributed by atoms with E-state index in [9.17, 15) is 27.2 Å². The van der Waals surface area contributed by atoms with Gasteiger partial charge in [0.05, 0.1) is 5.56 Å². The second-order valence-corrected chi connectivity index (χ2v) is 4.64. The van der Waals surface area contributed by atoms with Crippen LogP contribution in [0.5, 0.6) is 0 Å². The van der Waals surface area contributed by atoms with Crippen LogP contribution in [0.1, 0.15) is 17.3 Å². The highest BCUT2D eigenvalue weighted by atomic mass is 19.4. The van der Waals surface area contributed by atoms with E-state index in [4.69, 9.17) is 0 Å². The molecule has 9 heteroatoms. The van der Waals surface area contributed by atoms with Gasteiger partial charge in [0, 0.05) is 18.8 Å². The predicted octanol–water partition coefficient (Wildman–Crippen LogP) is 2.46. The molecule has 0 radical (unpaired) electrons. The van der Waals surface area contributed by atoms with Gasteiger partial charge in [-0.1, -0.05) is 0 Å². The summed E-state index contributed by atoms with van der Waals surface area (Å²) in [5, 5.41) is 2.51. The van der Waals surface area contributed by atoms with Crippen LogP contribution in [-0.4, -0.2) is 37.4 Å². The molecule has 1 heterocycles. The van der Waals surface area contributed by atoms with Crippen LogP contribution < -0.4 is 10.2 Å². The number of carbonyl (C=O) groups is 2. The summed E-state index contributed by atoms with van der Waals surface area (Å²) in [6, 6.07) is 2.71. The zero-order valence-corrected chi connectivity index (χ0v) is 11.4. The molecule has 1 aromatic rings. The largest absolute Gasteiger partial charge is 0.449 e. The Balaban J connectivity index is 2.23. The van der Waals surface area contributed by atoms with Crippen molar-refractivity contribution in [3.8, 4) is 0 Å². The molecule has 1 saturated heterocycles. The fourth-order valence-corrected chi connectivity index (χ4v) is 1.85. The van der Waals surface area contributed by atoms with Crippen molar-refractivity contribution in [2.75, 3.05) is 18.0 Å². The Labute approximate surface area is 122 Å². The highest BCUT2D eigenvalue weighted by Crippen LogP contribution is 2.25. The maximum absolute atomic E-state index is 13.6. The SMILES string of the molecule is C[C@@H](OC(=O)c1cc(N2CCNC2=O)ccc1F)C(F)(F)F. The van der Waals surface area contributed by atoms with Gasteiger partial charge in [0.2, 0.25) is 0 Å². The topological polar surface area (TPSA) is 58.6 Å². The zero-order chi connectivity index (χ0) is 16.5. The number of benzene rings is 1. The van der Waals surface area contributed by atoms with Crippen molar-refractivity contribution in [2.45, 2.75) is 19.2 Å². The van der Waals surface area contributed by atoms with Gasteiger partial charge in [0.15, 0.2) is 6.10 Å². The van der Waals surface area contributed by atoms with E-state index in [1.165, 1.54) is 11.0 Å². The number of hydrogen-bond acceptors (Lipinski definition) is 3. The molecule has 1 fully saturated rings. The molecule has 0 bridgehead atoms. The minimum Gasteiger partial charge on any atom is -0.449 e. The van der Waals surface area contributed by atoms with E-state index in [0.717, 1.165) is 12.1 Å². The van der Waals surface area contributed by atoms with Crippen LogP contribution in [0.25, 0.3) is 0 Å². The summed E-state index contributed by atoms with van der Waals surface area (Å²) in [5.74, 6) is -2.47. The molecule has 2 amide bonds. The molecule has 22 heavy (non-hydrogen) atoms. The summed E-state index contributed by atoms with van der Waals surface area (Å²) in [6.07, 6.45) is -7.10. The van der Waals surface area contributed by atoms with E-state index < -0.39 is 35.7 Å². The van der Waals surface area contributed by atoms with E-state index in [1.54, 1.807) is 0 Å². The Bertz CT molecular complexity index is 603. The van der Waals surface area contributed by atoms with Crippen LogP contribution in [0, 0.1) is 5.82 Å². The van der Waals surface area contributed by atoms with Crippen LogP contribution in [0.15, 0.2) is 18.2 Å². The van der Waals surface area contributed by atoms with Gasteiger partial charge >= 0.3 is 18.2 Å². The third-order valence-corrected chi connectivity index (χ3v) is 3.08. The van der Waals surface area contributed by atoms with Crippen LogP contribution in [0.4, 0.5) is 28.0 Å². The Hall–Kier alpha value is -2.32. The number of carbonyl (C=O) groups excluding carboxylic acids is 2. The standard InChI is InChI=1S/C13H12F4N2O3/c1-7(13(15,16)17)22-11(20)9-6-8(2-3-10(9)14)19-5-4-18-12(19)21/h2-3,6-7H,4-5H2,1H3,(H,18,21)/t7-/m1/s1. The maximum atomic E-state index is 13.6. The summed E-state index contributed by atoms with van der Waals surface area (Å²) < 4.78 is 55.0. The molecule has 1 atom stereocenters. The average molecular weight is 320 g/mol. The number of amides is 2. The number of nitrogens with one attached hydrogen (secondary N) is 1. The van der Waals surface area contributed by atoms with Crippen molar-refractivity contribution in [3.63, 3.8) is 0 Å². The minimum absolute atomic E-state index is 0.197. The van der Waals surface area contributed by atoms with E-state index in [-0.39, 0.29) is 5.69 Å². The Morgan fingerprint density at radius 2 is 2.09 bits per heavy atom. The van der Waals surface area contributed by atoms with Gasteiger partial charge in [-0.3, -0.25) is 4.90 Å². The van der Waals surface area contributed by atoms with Crippen LogP contribution >= 0.6 is 0 Å². The summed E-state index contributed by atoms with van der Waals surface area (Å²) in [4.78, 5) is 24.4. The van der Waals surface area contributed by atoms with Gasteiger partial charge in [-0.25, -0.2) is 14.0 Å². The van der Waals surface area contributed by atoms with Gasteiger partial charge in [-0.15, -0.1) is 0 Å². The molecule has 0 saturated carbocycles. The van der Waals surface area contributed by atoms with Gasteiger partial charge in [-0.2, -0.15) is 13.2 Å². The summed E-state index contributed by atoms with van der Waals surface area (Å²) in [6.45, 7) is 1.33. The first kappa shape index (κ1) is 16.1. The number of ether oxygens (including phenoxy) is 1. The highest BCUT2D eigenvalue weighted by molar-refractivity contribution is 5.96. The smallest absolute Gasteiger partial charge is 0.425 e. The number of alkyl halides is 3. The number of urea groups is 1. The lowest BCUT2D eigenvalue weighted by atomic mass is 10.1. The number of esters is 1. The van der Waals surface area contributed by atoms with E-state index >= 15 is 0 Å². The lowest BCUT2D eigenvalue weighted by Gasteiger charge is -2.18. The third-order valence-electron chi connectivity index (χ3n) is 3.08. The summed E-state index contributed by atoms with van der Waals surface area (Å²) in [5.41, 5.74) is -0.462. The molecule has 120 valence electrons. The molecule has 0 aromatic heterocycles. The number of halogens is 4. The van der Waals surface area contributed by atoms with Crippen molar-refractivity contribution in [1.82, 2.24) is 5.32 Å². The minimum atomic E-state index is -4.74. The van der Waals surface area contributed by atoms with Crippen molar-refractivity contribution in [1.29, 1.82) is 0 Å². The lowest BCUT2D eigenvalue weighted by Crippen LogP contribution is -2.31. The first-order valence-corrected chi connectivity index (χ1v) is 6.33. The fourth-order valence-electron chi connectivity index (χ4n) is 1.85. The van der Waals surface area contributed by atoms with Crippen LogP contribution in [0.2, 0.25) is 0 Å². The Morgan fingerprint density at radius 1 is 1.41 bits per heavy atom. The molecule has 5 nitrogen and oxygen atoms in total. The highest BCUT2D eigenvalue weighted by Gasteiger charge is 2.39. The fraction of sp³-hybridized carbons (Fsp3) is 0.385. The van der Waals surface area contributed by atoms with Gasteiger partial charge in [0.25, 0.3) is 0 Å². The quantitative estimate of drug-likeness (QED) is 0.687. The number of nitrogens with zero attached hydrogens (tertiary/aromatic N) is 1. The summed E-state index contributed by atoms with van der Waals surface area (Å²) >= 11 is 0.